The van der Waals surface area contributed by atoms with Crippen LogP contribution in [-0.2, 0) is 14.6 Å². The van der Waals surface area contributed by atoms with Crippen LogP contribution in [0.1, 0.15) is 156 Å². The van der Waals surface area contributed by atoms with E-state index in [1.54, 1.807) is 18.3 Å². The van der Waals surface area contributed by atoms with E-state index in [4.69, 9.17) is 4.74 Å². The zero-order chi connectivity index (χ0) is 44.7. The molecule has 1 unspecified atom stereocenters. The minimum Gasteiger partial charge on any atom is -0.481 e. The summed E-state index contributed by atoms with van der Waals surface area (Å²) >= 11 is 0. The average Bonchev–Trinajstić information content (AvgIpc) is 3.60. The van der Waals surface area contributed by atoms with E-state index in [1.165, 1.54) is 61.5 Å². The molecular formula is C52H75N3O6S. The topological polar surface area (TPSA) is 150 Å². The molecular weight excluding hydrogens is 795 g/mol. The third-order valence-corrected chi connectivity index (χ3v) is 21.7. The predicted octanol–water partition coefficient (Wildman–Crippen LogP) is 10.2. The van der Waals surface area contributed by atoms with E-state index in [-0.39, 0.29) is 44.9 Å². The van der Waals surface area contributed by atoms with Gasteiger partial charge in [-0.1, -0.05) is 58.9 Å². The number of nitrogens with zero attached hydrogens (tertiary/aromatic N) is 2. The number of fused-ring (bicyclic) bond motifs is 7. The number of sulfone groups is 1. The quantitative estimate of drug-likeness (QED) is 0.185. The van der Waals surface area contributed by atoms with Gasteiger partial charge in [0.2, 0.25) is 5.88 Å². The van der Waals surface area contributed by atoms with E-state index in [0.29, 0.717) is 86.5 Å². The van der Waals surface area contributed by atoms with E-state index in [2.05, 4.69) is 76.6 Å². The van der Waals surface area contributed by atoms with E-state index in [1.807, 2.05) is 0 Å². The maximum atomic E-state index is 12.8. The van der Waals surface area contributed by atoms with Crippen LogP contribution in [0, 0.1) is 68.0 Å². The minimum atomic E-state index is -3.08. The molecule has 9 nitrogen and oxygen atoms in total. The summed E-state index contributed by atoms with van der Waals surface area (Å²) in [6, 6.07) is 5.42. The summed E-state index contributed by atoms with van der Waals surface area (Å²) in [5.41, 5.74) is 3.02. The molecule has 5 saturated carbocycles. The molecule has 1 aromatic rings. The van der Waals surface area contributed by atoms with Crippen molar-refractivity contribution in [1.82, 2.24) is 10.3 Å². The number of aliphatic hydroxyl groups is 1. The van der Waals surface area contributed by atoms with Crippen LogP contribution in [0.4, 0.5) is 0 Å². The standard InChI is InChI=1S/C52H75N3O6S/c1-34(2)38-17-26-52(55-31-29-51(58)24-15-37(16-25-51)62(8,59)60)28-27-48(6)40(43(38)52)11-12-42-47(5)20-18-39(46(3,4)41(47)19-21-49(42,48)7)35-13-22-50(23-14-35,45(56)57)33-61-44-36(32-53)10-9-30-54-44/h9-10,13,18,30,37-38,40-43,55,58H,1,11-12,14-17,19-29,31,33H2,2-8H3,(H,56,57)/t37?,38-,40?,41-,42+,43+,47-,48+,49+,50+,51?,52-/m0/s1. The number of carboxylic acid groups (broad SMARTS) is 1. The van der Waals surface area contributed by atoms with Crippen LogP contribution in [0.5, 0.6) is 5.88 Å². The molecule has 3 N–H and O–H groups in total. The van der Waals surface area contributed by atoms with Crippen molar-refractivity contribution in [1.29, 1.82) is 5.26 Å². The number of ether oxygens (including phenoxy) is 1. The lowest BCUT2D eigenvalue weighted by Crippen LogP contribution is -2.68. The van der Waals surface area contributed by atoms with Gasteiger partial charge in [0.15, 0.2) is 0 Å². The van der Waals surface area contributed by atoms with Crippen molar-refractivity contribution in [3.63, 3.8) is 0 Å². The fourth-order valence-electron chi connectivity index (χ4n) is 16.3. The Kier molecular flexibility index (Phi) is 11.7. The molecule has 10 heteroatoms. The van der Waals surface area contributed by atoms with Crippen LogP contribution in [-0.4, -0.2) is 65.4 Å². The second-order valence-electron chi connectivity index (χ2n) is 23.1. The van der Waals surface area contributed by atoms with Crippen LogP contribution < -0.4 is 10.1 Å². The zero-order valence-electron chi connectivity index (χ0n) is 38.8. The number of hydrogen-bond donors (Lipinski definition) is 3. The summed E-state index contributed by atoms with van der Waals surface area (Å²) in [6.45, 7) is 20.5. The first kappa shape index (κ1) is 45.6. The largest absolute Gasteiger partial charge is 0.481 e. The van der Waals surface area contributed by atoms with Gasteiger partial charge in [-0.2, -0.15) is 5.26 Å². The molecule has 0 amide bonds. The maximum Gasteiger partial charge on any atom is 0.313 e. The Morgan fingerprint density at radius 3 is 2.34 bits per heavy atom. The number of carboxylic acids is 1. The second kappa shape index (κ2) is 15.9. The fraction of sp³-hybridized carbons (Fsp3) is 0.750. The number of pyridine rings is 1. The van der Waals surface area contributed by atoms with Gasteiger partial charge in [0.25, 0.3) is 0 Å². The lowest BCUT2D eigenvalue weighted by molar-refractivity contribution is -0.221. The third kappa shape index (κ3) is 7.25. The first-order valence-electron chi connectivity index (χ1n) is 24.0. The van der Waals surface area contributed by atoms with Crippen LogP contribution in [0.2, 0.25) is 0 Å². The van der Waals surface area contributed by atoms with E-state index in [9.17, 15) is 28.7 Å². The van der Waals surface area contributed by atoms with E-state index < -0.39 is 26.8 Å². The molecule has 5 fully saturated rings. The van der Waals surface area contributed by atoms with E-state index >= 15 is 0 Å². The first-order chi connectivity index (χ1) is 29.1. The highest BCUT2D eigenvalue weighted by Crippen LogP contribution is 2.76. The van der Waals surface area contributed by atoms with Crippen LogP contribution >= 0.6 is 0 Å². The summed E-state index contributed by atoms with van der Waals surface area (Å²) in [5.74, 6) is 2.06. The van der Waals surface area contributed by atoms with Crippen molar-refractivity contribution in [3.05, 3.63) is 59.3 Å². The fourth-order valence-corrected chi connectivity index (χ4v) is 17.4. The van der Waals surface area contributed by atoms with Gasteiger partial charge >= 0.3 is 5.97 Å². The number of nitrogens with one attached hydrogen (secondary N) is 1. The number of hydrogen-bond acceptors (Lipinski definition) is 8. The second-order valence-corrected chi connectivity index (χ2v) is 25.4. The lowest BCUT2D eigenvalue weighted by Gasteiger charge is -2.72. The average molecular weight is 870 g/mol. The van der Waals surface area contributed by atoms with Crippen molar-refractivity contribution < 1.29 is 28.2 Å². The van der Waals surface area contributed by atoms with Gasteiger partial charge in [-0.3, -0.25) is 4.79 Å². The molecule has 1 aromatic heterocycles. The molecule has 7 aliphatic carbocycles. The molecule has 62 heavy (non-hydrogen) atoms. The molecule has 0 bridgehead atoms. The Labute approximate surface area is 372 Å². The molecule has 10 atom stereocenters. The monoisotopic (exact) mass is 870 g/mol. The van der Waals surface area contributed by atoms with Gasteiger partial charge in [0, 0.05) is 18.0 Å². The number of carbonyl (C=O) groups is 1. The summed E-state index contributed by atoms with van der Waals surface area (Å²) in [4.78, 5) is 17.0. The molecule has 0 spiro atoms. The maximum absolute atomic E-state index is 12.8. The summed E-state index contributed by atoms with van der Waals surface area (Å²) in [5, 5.41) is 35.5. The molecule has 0 aliphatic heterocycles. The molecule has 1 heterocycles. The number of rotatable bonds is 11. The van der Waals surface area contributed by atoms with Crippen LogP contribution in [0.25, 0.3) is 0 Å². The Morgan fingerprint density at radius 2 is 1.69 bits per heavy atom. The Bertz CT molecular complexity index is 2170. The van der Waals surface area contributed by atoms with Gasteiger partial charge in [-0.15, -0.1) is 0 Å². The highest BCUT2D eigenvalue weighted by atomic mass is 32.2. The van der Waals surface area contributed by atoms with Crippen molar-refractivity contribution in [3.8, 4) is 11.9 Å². The molecule has 340 valence electrons. The number of aromatic nitrogens is 1. The molecule has 0 radical (unpaired) electrons. The number of nitriles is 1. The number of aliphatic carboxylic acids is 1. The first-order valence-corrected chi connectivity index (χ1v) is 26.0. The highest BCUT2D eigenvalue weighted by Gasteiger charge is 2.70. The predicted molar refractivity (Wildman–Crippen MR) is 244 cm³/mol. The minimum absolute atomic E-state index is 0.0230. The number of allylic oxidation sites excluding steroid dienone is 5. The molecule has 0 saturated heterocycles. The van der Waals surface area contributed by atoms with Crippen molar-refractivity contribution >= 4 is 15.8 Å². The van der Waals surface area contributed by atoms with E-state index in [0.717, 1.165) is 25.8 Å². The molecule has 8 rings (SSSR count). The van der Waals surface area contributed by atoms with Crippen LogP contribution in [0.15, 0.2) is 53.8 Å². The van der Waals surface area contributed by atoms with Crippen molar-refractivity contribution in [2.24, 2.45) is 56.7 Å². The summed E-state index contributed by atoms with van der Waals surface area (Å²) < 4.78 is 30.4. The summed E-state index contributed by atoms with van der Waals surface area (Å²) in [6.07, 6.45) is 22.7. The Hall–Kier alpha value is -3.00. The SMILES string of the molecule is C=C(C)[C@@H]1CC[C@]2(NCCC3(O)CCC(S(C)(=O)=O)CC3)CC[C@]3(C)C(CC[C@@H]4[C@@]5(C)CC=C(C6=CC[C@@](COc7ncccc7C#N)(C(=O)O)CC6)C(C)(C)[C@@H]5CC[C@]43C)[C@@H]12. The van der Waals surface area contributed by atoms with Gasteiger partial charge in [-0.05, 0) is 197 Å². The highest BCUT2D eigenvalue weighted by molar-refractivity contribution is 7.91. The zero-order valence-corrected chi connectivity index (χ0v) is 39.6. The third-order valence-electron chi connectivity index (χ3n) is 20.0. The smallest absolute Gasteiger partial charge is 0.313 e. The van der Waals surface area contributed by atoms with Gasteiger partial charge in [-0.25, -0.2) is 13.4 Å². The molecule has 7 aliphatic rings. The van der Waals surface area contributed by atoms with Crippen molar-refractivity contribution in [2.45, 2.75) is 167 Å². The Balaban J connectivity index is 0.998. The Morgan fingerprint density at radius 1 is 0.952 bits per heavy atom. The van der Waals surface area contributed by atoms with Crippen LogP contribution in [0.3, 0.4) is 0 Å². The van der Waals surface area contributed by atoms with Gasteiger partial charge < -0.3 is 20.3 Å². The van der Waals surface area contributed by atoms with Gasteiger partial charge in [0.05, 0.1) is 10.9 Å². The van der Waals surface area contributed by atoms with Gasteiger partial charge in [0.1, 0.15) is 33.5 Å². The normalized spacial score (nSPS) is 42.4. The molecule has 0 aromatic carbocycles. The van der Waals surface area contributed by atoms with Crippen molar-refractivity contribution in [2.75, 3.05) is 19.4 Å². The summed E-state index contributed by atoms with van der Waals surface area (Å²) in [7, 11) is -3.08. The lowest BCUT2D eigenvalue weighted by atomic mass is 9.33.